The molecule has 0 aliphatic carbocycles. The first kappa shape index (κ1) is 20.5. The number of carbonyl (C=O) groups is 1. The van der Waals surface area contributed by atoms with Crippen LogP contribution in [0.5, 0.6) is 0 Å². The number of hydrogen-bond donors (Lipinski definition) is 0. The van der Waals surface area contributed by atoms with Gasteiger partial charge in [-0.3, -0.25) is 4.79 Å². The minimum Gasteiger partial charge on any atom is -0.380 e. The van der Waals surface area contributed by atoms with Gasteiger partial charge in [-0.2, -0.15) is 4.99 Å². The van der Waals surface area contributed by atoms with Crippen LogP contribution in [0.3, 0.4) is 0 Å². The molecule has 0 saturated carbocycles. The van der Waals surface area contributed by atoms with E-state index in [0.717, 1.165) is 22.3 Å². The van der Waals surface area contributed by atoms with Crippen LogP contribution in [0.15, 0.2) is 41.4 Å². The maximum absolute atomic E-state index is 12.6. The van der Waals surface area contributed by atoms with Crippen LogP contribution in [0.2, 0.25) is 0 Å². The van der Waals surface area contributed by atoms with Crippen molar-refractivity contribution in [1.29, 1.82) is 0 Å². The Kier molecular flexibility index (Phi) is 6.81. The van der Waals surface area contributed by atoms with Crippen molar-refractivity contribution in [3.63, 3.8) is 0 Å². The van der Waals surface area contributed by atoms with Gasteiger partial charge in [0.25, 0.3) is 5.91 Å². The Morgan fingerprint density at radius 1 is 1.11 bits per heavy atom. The lowest BCUT2D eigenvalue weighted by atomic mass is 10.1. The molecule has 2 aromatic carbocycles. The second-order valence-corrected chi connectivity index (χ2v) is 7.99. The highest BCUT2D eigenvalue weighted by Gasteiger charge is 2.11. The Labute approximate surface area is 170 Å². The van der Waals surface area contributed by atoms with E-state index in [1.807, 2.05) is 19.1 Å². The molecule has 3 rings (SSSR count). The number of hydrogen-bond acceptors (Lipinski definition) is 3. The van der Waals surface area contributed by atoms with E-state index in [9.17, 15) is 4.79 Å². The van der Waals surface area contributed by atoms with Crippen LogP contribution in [-0.2, 0) is 28.9 Å². The molecule has 5 heteroatoms. The zero-order valence-corrected chi connectivity index (χ0v) is 17.9. The lowest BCUT2D eigenvalue weighted by Gasteiger charge is -2.07. The number of rotatable bonds is 7. The number of aromatic nitrogens is 1. The summed E-state index contributed by atoms with van der Waals surface area (Å²) in [6, 6.07) is 12.5. The highest BCUT2D eigenvalue weighted by atomic mass is 32.1. The molecule has 0 atom stereocenters. The standard InChI is InChI=1S/C23H28N2O2S/c1-5-18-7-9-19(10-8-18)15-21(26)24-23-25(11-12-27-6-2)20-14-16(3)13-17(4)22(20)28-23/h7-10,13-14H,5-6,11-12,15H2,1-4H3. The Balaban J connectivity index is 1.95. The van der Waals surface area contributed by atoms with Gasteiger partial charge in [0.15, 0.2) is 4.80 Å². The van der Waals surface area contributed by atoms with Crippen molar-refractivity contribution >= 4 is 27.5 Å². The Morgan fingerprint density at radius 2 is 1.82 bits per heavy atom. The quantitative estimate of drug-likeness (QED) is 0.548. The molecule has 0 aliphatic heterocycles. The van der Waals surface area contributed by atoms with Gasteiger partial charge in [-0.15, -0.1) is 0 Å². The van der Waals surface area contributed by atoms with Gasteiger partial charge in [-0.05, 0) is 55.5 Å². The molecule has 0 spiro atoms. The fraction of sp³-hybridized carbons (Fsp3) is 0.391. The summed E-state index contributed by atoms with van der Waals surface area (Å²) in [6.45, 7) is 10.3. The zero-order chi connectivity index (χ0) is 20.1. The number of thiazole rings is 1. The third-order valence-electron chi connectivity index (χ3n) is 4.78. The minimum atomic E-state index is -0.115. The normalized spacial score (nSPS) is 12.1. The van der Waals surface area contributed by atoms with Crippen molar-refractivity contribution in [1.82, 2.24) is 4.57 Å². The third kappa shape index (κ3) is 4.78. The molecule has 1 heterocycles. The molecule has 28 heavy (non-hydrogen) atoms. The summed E-state index contributed by atoms with van der Waals surface area (Å²) in [4.78, 5) is 17.9. The van der Waals surface area contributed by atoms with Gasteiger partial charge in [0.2, 0.25) is 0 Å². The summed E-state index contributed by atoms with van der Waals surface area (Å²) in [5, 5.41) is 0. The number of ether oxygens (including phenoxy) is 1. The second kappa shape index (κ2) is 9.30. The van der Waals surface area contributed by atoms with Crippen LogP contribution in [0.25, 0.3) is 10.2 Å². The molecule has 0 radical (unpaired) electrons. The lowest BCUT2D eigenvalue weighted by molar-refractivity contribution is -0.117. The molecule has 3 aromatic rings. The fourth-order valence-corrected chi connectivity index (χ4v) is 4.45. The van der Waals surface area contributed by atoms with E-state index in [0.29, 0.717) is 26.2 Å². The van der Waals surface area contributed by atoms with E-state index in [-0.39, 0.29) is 5.91 Å². The van der Waals surface area contributed by atoms with Crippen LogP contribution in [0.1, 0.15) is 36.1 Å². The predicted molar refractivity (Wildman–Crippen MR) is 116 cm³/mol. The van der Waals surface area contributed by atoms with Crippen LogP contribution < -0.4 is 4.80 Å². The third-order valence-corrected chi connectivity index (χ3v) is 6.01. The molecule has 0 unspecified atom stereocenters. The van der Waals surface area contributed by atoms with E-state index < -0.39 is 0 Å². The average Bonchev–Trinajstić information content (AvgIpc) is 3.00. The van der Waals surface area contributed by atoms with Crippen LogP contribution in [0.4, 0.5) is 0 Å². The number of carbonyl (C=O) groups excluding carboxylic acids is 1. The molecular formula is C23H28N2O2S. The van der Waals surface area contributed by atoms with Crippen LogP contribution in [-0.4, -0.2) is 23.7 Å². The van der Waals surface area contributed by atoms with Crippen molar-refractivity contribution in [2.45, 2.75) is 47.1 Å². The van der Waals surface area contributed by atoms with Gasteiger partial charge in [0.05, 0.1) is 23.2 Å². The highest BCUT2D eigenvalue weighted by Crippen LogP contribution is 2.23. The summed E-state index contributed by atoms with van der Waals surface area (Å²) in [5.74, 6) is -0.115. The van der Waals surface area contributed by atoms with E-state index in [4.69, 9.17) is 4.74 Å². The molecule has 0 aliphatic rings. The Hall–Kier alpha value is -2.24. The van der Waals surface area contributed by atoms with Gasteiger partial charge in [0, 0.05) is 13.2 Å². The molecule has 148 valence electrons. The fourth-order valence-electron chi connectivity index (χ4n) is 3.33. The van der Waals surface area contributed by atoms with Gasteiger partial charge < -0.3 is 9.30 Å². The van der Waals surface area contributed by atoms with Gasteiger partial charge >= 0.3 is 0 Å². The number of fused-ring (bicyclic) bond motifs is 1. The maximum atomic E-state index is 12.6. The Bertz CT molecular complexity index is 1030. The smallest absolute Gasteiger partial charge is 0.252 e. The lowest BCUT2D eigenvalue weighted by Crippen LogP contribution is -2.20. The molecule has 0 N–H and O–H groups in total. The Morgan fingerprint density at radius 3 is 2.50 bits per heavy atom. The molecule has 1 aromatic heterocycles. The van der Waals surface area contributed by atoms with Crippen LogP contribution in [0, 0.1) is 13.8 Å². The van der Waals surface area contributed by atoms with E-state index in [1.165, 1.54) is 21.4 Å². The first-order chi connectivity index (χ1) is 13.5. The summed E-state index contributed by atoms with van der Waals surface area (Å²) in [5.41, 5.74) is 5.83. The van der Waals surface area contributed by atoms with E-state index in [1.54, 1.807) is 11.3 Å². The van der Waals surface area contributed by atoms with Crippen molar-refractivity contribution in [2.24, 2.45) is 4.99 Å². The van der Waals surface area contributed by atoms with Gasteiger partial charge in [-0.1, -0.05) is 48.6 Å². The number of aryl methyl sites for hydroxylation is 3. The van der Waals surface area contributed by atoms with Crippen molar-refractivity contribution in [3.05, 3.63) is 63.5 Å². The molecule has 0 saturated heterocycles. The summed E-state index contributed by atoms with van der Waals surface area (Å²) in [7, 11) is 0. The monoisotopic (exact) mass is 396 g/mol. The SMILES string of the molecule is CCOCCn1c(=NC(=O)Cc2ccc(CC)cc2)sc2c(C)cc(C)cc21. The highest BCUT2D eigenvalue weighted by molar-refractivity contribution is 7.16. The predicted octanol–water partition coefficient (Wildman–Crippen LogP) is 4.59. The summed E-state index contributed by atoms with van der Waals surface area (Å²) >= 11 is 1.58. The maximum Gasteiger partial charge on any atom is 0.252 e. The first-order valence-electron chi connectivity index (χ1n) is 9.85. The van der Waals surface area contributed by atoms with Crippen molar-refractivity contribution in [3.8, 4) is 0 Å². The molecule has 4 nitrogen and oxygen atoms in total. The molecule has 1 amide bonds. The second-order valence-electron chi connectivity index (χ2n) is 7.02. The summed E-state index contributed by atoms with van der Waals surface area (Å²) < 4.78 is 8.85. The van der Waals surface area contributed by atoms with Crippen molar-refractivity contribution < 1.29 is 9.53 Å². The first-order valence-corrected chi connectivity index (χ1v) is 10.7. The molecule has 0 fully saturated rings. The summed E-state index contributed by atoms with van der Waals surface area (Å²) in [6.07, 6.45) is 1.32. The van der Waals surface area contributed by atoms with Gasteiger partial charge in [0.1, 0.15) is 0 Å². The molecular weight excluding hydrogens is 368 g/mol. The number of benzene rings is 2. The van der Waals surface area contributed by atoms with Crippen molar-refractivity contribution in [2.75, 3.05) is 13.2 Å². The average molecular weight is 397 g/mol. The van der Waals surface area contributed by atoms with Crippen LogP contribution >= 0.6 is 11.3 Å². The van der Waals surface area contributed by atoms with Gasteiger partial charge in [-0.25, -0.2) is 0 Å². The minimum absolute atomic E-state index is 0.115. The largest absolute Gasteiger partial charge is 0.380 e. The van der Waals surface area contributed by atoms with E-state index in [2.05, 4.69) is 54.6 Å². The zero-order valence-electron chi connectivity index (χ0n) is 17.1. The number of amides is 1. The van der Waals surface area contributed by atoms with E-state index >= 15 is 0 Å². The molecule has 0 bridgehead atoms. The topological polar surface area (TPSA) is 43.6 Å². The number of nitrogens with zero attached hydrogens (tertiary/aromatic N) is 2.